The summed E-state index contributed by atoms with van der Waals surface area (Å²) in [5.74, 6) is 0.176. The van der Waals surface area contributed by atoms with Gasteiger partial charge in [-0.15, -0.1) is 11.3 Å². The van der Waals surface area contributed by atoms with Crippen LogP contribution in [0.4, 0.5) is 10.1 Å². The first kappa shape index (κ1) is 11.9. The molecule has 0 saturated carbocycles. The maximum absolute atomic E-state index is 13.3. The van der Waals surface area contributed by atoms with Crippen molar-refractivity contribution < 1.29 is 9.13 Å². The van der Waals surface area contributed by atoms with Crippen LogP contribution in [0, 0.1) is 5.82 Å². The molecule has 0 saturated heterocycles. The number of hydrogen-bond acceptors (Lipinski definition) is 4. The Balaban J connectivity index is 2.15. The van der Waals surface area contributed by atoms with E-state index in [2.05, 4.69) is 10.3 Å². The average molecular weight is 252 g/mol. The molecule has 90 valence electrons. The number of thiazole rings is 1. The summed E-state index contributed by atoms with van der Waals surface area (Å²) >= 11 is 1.54. The van der Waals surface area contributed by atoms with Gasteiger partial charge in [-0.1, -0.05) is 0 Å². The molecule has 1 atom stereocenters. The first-order valence-electron chi connectivity index (χ1n) is 5.18. The van der Waals surface area contributed by atoms with Crippen LogP contribution in [0.25, 0.3) is 0 Å². The fourth-order valence-electron chi connectivity index (χ4n) is 1.52. The zero-order valence-electron chi connectivity index (χ0n) is 9.61. The fourth-order valence-corrected chi connectivity index (χ4v) is 2.17. The van der Waals surface area contributed by atoms with Crippen molar-refractivity contribution in [2.24, 2.45) is 0 Å². The van der Waals surface area contributed by atoms with Crippen molar-refractivity contribution in [1.29, 1.82) is 0 Å². The Labute approximate surface area is 103 Å². The molecule has 0 aliphatic carbocycles. The van der Waals surface area contributed by atoms with Crippen molar-refractivity contribution in [2.75, 3.05) is 12.4 Å². The molecule has 17 heavy (non-hydrogen) atoms. The average Bonchev–Trinajstić information content (AvgIpc) is 2.81. The Morgan fingerprint density at radius 2 is 2.24 bits per heavy atom. The number of hydrogen-bond donors (Lipinski definition) is 1. The number of rotatable bonds is 4. The summed E-state index contributed by atoms with van der Waals surface area (Å²) in [6.07, 6.45) is 0. The van der Waals surface area contributed by atoms with E-state index in [4.69, 9.17) is 4.74 Å². The number of aromatic nitrogens is 1. The Bertz CT molecular complexity index is 487. The molecule has 2 rings (SSSR count). The van der Waals surface area contributed by atoms with Crippen LogP contribution in [0.2, 0.25) is 0 Å². The Hall–Kier alpha value is -1.62. The molecule has 0 amide bonds. The normalized spacial score (nSPS) is 12.2. The van der Waals surface area contributed by atoms with Crippen LogP contribution in [0.1, 0.15) is 18.7 Å². The van der Waals surface area contributed by atoms with Gasteiger partial charge < -0.3 is 10.1 Å². The number of halogens is 1. The lowest BCUT2D eigenvalue weighted by atomic mass is 10.2. The maximum Gasteiger partial charge on any atom is 0.128 e. The van der Waals surface area contributed by atoms with E-state index in [0.717, 1.165) is 5.69 Å². The van der Waals surface area contributed by atoms with E-state index in [1.54, 1.807) is 11.6 Å². The molecule has 1 unspecified atom stereocenters. The third kappa shape index (κ3) is 2.94. The molecule has 0 fully saturated rings. The smallest absolute Gasteiger partial charge is 0.128 e. The molecular formula is C12H13FN2OS. The molecule has 1 aromatic carbocycles. The molecule has 0 spiro atoms. The van der Waals surface area contributed by atoms with Crippen LogP contribution in [-0.4, -0.2) is 12.1 Å². The van der Waals surface area contributed by atoms with Crippen LogP contribution in [-0.2, 0) is 0 Å². The van der Waals surface area contributed by atoms with Gasteiger partial charge in [0.25, 0.3) is 0 Å². The van der Waals surface area contributed by atoms with E-state index in [0.29, 0.717) is 11.4 Å². The molecule has 5 heteroatoms. The summed E-state index contributed by atoms with van der Waals surface area (Å²) in [7, 11) is 1.52. The van der Waals surface area contributed by atoms with Gasteiger partial charge in [0, 0.05) is 23.2 Å². The number of nitrogens with zero attached hydrogens (tertiary/aromatic N) is 1. The molecule has 0 radical (unpaired) electrons. The lowest BCUT2D eigenvalue weighted by molar-refractivity contribution is 0.411. The quantitative estimate of drug-likeness (QED) is 0.904. The number of ether oxygens (including phenoxy) is 1. The van der Waals surface area contributed by atoms with E-state index in [1.807, 2.05) is 12.3 Å². The van der Waals surface area contributed by atoms with Crippen molar-refractivity contribution in [1.82, 2.24) is 4.98 Å². The van der Waals surface area contributed by atoms with E-state index in [1.165, 1.54) is 30.6 Å². The lowest BCUT2D eigenvalue weighted by Gasteiger charge is -2.14. The van der Waals surface area contributed by atoms with Gasteiger partial charge in [-0.3, -0.25) is 0 Å². The van der Waals surface area contributed by atoms with Crippen molar-refractivity contribution in [3.05, 3.63) is 40.6 Å². The van der Waals surface area contributed by atoms with Crippen LogP contribution in [0.3, 0.4) is 0 Å². The topological polar surface area (TPSA) is 34.1 Å². The lowest BCUT2D eigenvalue weighted by Crippen LogP contribution is -2.07. The van der Waals surface area contributed by atoms with Gasteiger partial charge in [0.2, 0.25) is 0 Å². The largest absolute Gasteiger partial charge is 0.497 e. The fraction of sp³-hybridized carbons (Fsp3) is 0.250. The van der Waals surface area contributed by atoms with Crippen molar-refractivity contribution >= 4 is 17.0 Å². The molecule has 0 aliphatic heterocycles. The summed E-state index contributed by atoms with van der Waals surface area (Å²) < 4.78 is 18.3. The molecular weight excluding hydrogens is 239 g/mol. The summed E-state index contributed by atoms with van der Waals surface area (Å²) in [5.41, 5.74) is 3.40. The second kappa shape index (κ2) is 5.14. The van der Waals surface area contributed by atoms with Crippen LogP contribution < -0.4 is 10.1 Å². The maximum atomic E-state index is 13.3. The third-order valence-electron chi connectivity index (χ3n) is 2.39. The van der Waals surface area contributed by atoms with Gasteiger partial charge in [-0.2, -0.15) is 0 Å². The van der Waals surface area contributed by atoms with Gasteiger partial charge in [0.05, 0.1) is 24.4 Å². The zero-order valence-corrected chi connectivity index (χ0v) is 10.4. The number of nitrogens with one attached hydrogen (secondary N) is 1. The highest BCUT2D eigenvalue weighted by Crippen LogP contribution is 2.24. The minimum Gasteiger partial charge on any atom is -0.497 e. The van der Waals surface area contributed by atoms with Gasteiger partial charge in [-0.05, 0) is 13.0 Å². The molecule has 2 aromatic rings. The van der Waals surface area contributed by atoms with Crippen molar-refractivity contribution in [3.8, 4) is 5.75 Å². The zero-order chi connectivity index (χ0) is 12.3. The first-order chi connectivity index (χ1) is 8.19. The number of anilines is 1. The first-order valence-corrected chi connectivity index (χ1v) is 6.12. The van der Waals surface area contributed by atoms with E-state index in [9.17, 15) is 4.39 Å². The van der Waals surface area contributed by atoms with Crippen LogP contribution in [0.15, 0.2) is 29.1 Å². The minimum atomic E-state index is -0.322. The highest BCUT2D eigenvalue weighted by atomic mass is 32.1. The second-order valence-corrected chi connectivity index (χ2v) is 4.38. The summed E-state index contributed by atoms with van der Waals surface area (Å²) in [5, 5.41) is 5.15. The Kier molecular flexibility index (Phi) is 3.58. The molecule has 0 bridgehead atoms. The second-order valence-electron chi connectivity index (χ2n) is 3.66. The van der Waals surface area contributed by atoms with Gasteiger partial charge in [0.15, 0.2) is 0 Å². The number of benzene rings is 1. The summed E-state index contributed by atoms with van der Waals surface area (Å²) in [6, 6.07) is 4.57. The summed E-state index contributed by atoms with van der Waals surface area (Å²) in [4.78, 5) is 4.21. The molecule has 1 aromatic heterocycles. The standard InChI is InChI=1S/C12H13FN2OS/c1-8(12-6-17-7-14-12)15-10-3-9(13)4-11(5-10)16-2/h3-8,15H,1-2H3. The van der Waals surface area contributed by atoms with Crippen molar-refractivity contribution in [3.63, 3.8) is 0 Å². The molecule has 3 nitrogen and oxygen atoms in total. The van der Waals surface area contributed by atoms with E-state index < -0.39 is 0 Å². The van der Waals surface area contributed by atoms with Gasteiger partial charge in [0.1, 0.15) is 11.6 Å². The van der Waals surface area contributed by atoms with Crippen LogP contribution in [0.5, 0.6) is 5.75 Å². The van der Waals surface area contributed by atoms with Gasteiger partial charge >= 0.3 is 0 Å². The SMILES string of the molecule is COc1cc(F)cc(NC(C)c2cscn2)c1. The highest BCUT2D eigenvalue weighted by molar-refractivity contribution is 7.07. The minimum absolute atomic E-state index is 0.0350. The Morgan fingerprint density at radius 1 is 1.41 bits per heavy atom. The Morgan fingerprint density at radius 3 is 2.88 bits per heavy atom. The predicted octanol–water partition coefficient (Wildman–Crippen LogP) is 3.46. The van der Waals surface area contributed by atoms with E-state index >= 15 is 0 Å². The number of methoxy groups -OCH3 is 1. The highest BCUT2D eigenvalue weighted by Gasteiger charge is 2.08. The summed E-state index contributed by atoms with van der Waals surface area (Å²) in [6.45, 7) is 1.98. The van der Waals surface area contributed by atoms with Gasteiger partial charge in [-0.25, -0.2) is 9.37 Å². The predicted molar refractivity (Wildman–Crippen MR) is 67.1 cm³/mol. The monoisotopic (exact) mass is 252 g/mol. The van der Waals surface area contributed by atoms with Crippen molar-refractivity contribution in [2.45, 2.75) is 13.0 Å². The van der Waals surface area contributed by atoms with Crippen LogP contribution >= 0.6 is 11.3 Å². The third-order valence-corrected chi connectivity index (χ3v) is 2.99. The van der Waals surface area contributed by atoms with E-state index in [-0.39, 0.29) is 11.9 Å². The molecule has 1 N–H and O–H groups in total. The molecule has 0 aliphatic rings. The molecule has 1 heterocycles.